The molecule has 2 nitrogen and oxygen atoms in total. The Morgan fingerprint density at radius 1 is 1.35 bits per heavy atom. The van der Waals surface area contributed by atoms with Crippen LogP contribution in [0.3, 0.4) is 0 Å². The number of ketones is 1. The summed E-state index contributed by atoms with van der Waals surface area (Å²) in [6.07, 6.45) is 3.81. The SMILES string of the molecule is CC(C)(C)CC(=O)Cc1cc(Br)ccc1NCC1CC1. The van der Waals surface area contributed by atoms with Crippen LogP contribution in [0.1, 0.15) is 45.6 Å². The second kappa shape index (κ2) is 6.30. The van der Waals surface area contributed by atoms with Crippen molar-refractivity contribution in [2.24, 2.45) is 11.3 Å². The number of Topliss-reactive ketones (excluding diaryl/α,β-unsaturated/α-hetero) is 1. The lowest BCUT2D eigenvalue weighted by molar-refractivity contribution is -0.120. The van der Waals surface area contributed by atoms with Gasteiger partial charge in [-0.3, -0.25) is 4.79 Å². The minimum atomic E-state index is 0.0602. The van der Waals surface area contributed by atoms with Crippen LogP contribution < -0.4 is 5.32 Å². The largest absolute Gasteiger partial charge is 0.385 e. The lowest BCUT2D eigenvalue weighted by Crippen LogP contribution is -2.15. The van der Waals surface area contributed by atoms with Crippen molar-refractivity contribution in [1.82, 2.24) is 0 Å². The Labute approximate surface area is 130 Å². The third kappa shape index (κ3) is 5.28. The van der Waals surface area contributed by atoms with Gasteiger partial charge in [-0.1, -0.05) is 36.7 Å². The molecule has 1 aromatic carbocycles. The number of carbonyl (C=O) groups is 1. The molecule has 20 heavy (non-hydrogen) atoms. The number of benzene rings is 1. The minimum Gasteiger partial charge on any atom is -0.385 e. The van der Waals surface area contributed by atoms with Gasteiger partial charge in [0.05, 0.1) is 0 Å². The molecule has 0 radical (unpaired) electrons. The second-order valence-corrected chi connectivity index (χ2v) is 7.99. The summed E-state index contributed by atoms with van der Waals surface area (Å²) in [4.78, 5) is 12.2. The van der Waals surface area contributed by atoms with Gasteiger partial charge in [-0.05, 0) is 47.9 Å². The molecule has 0 atom stereocenters. The molecular formula is C17H24BrNO. The lowest BCUT2D eigenvalue weighted by atomic mass is 9.88. The van der Waals surface area contributed by atoms with Crippen LogP contribution >= 0.6 is 15.9 Å². The zero-order valence-corrected chi connectivity index (χ0v) is 14.2. The molecule has 1 aromatic rings. The van der Waals surface area contributed by atoms with E-state index in [1.54, 1.807) is 0 Å². The standard InChI is InChI=1S/C17H24BrNO/c1-17(2,3)10-15(20)9-13-8-14(18)6-7-16(13)19-11-12-4-5-12/h6-8,12,19H,4-5,9-11H2,1-3H3. The van der Waals surface area contributed by atoms with E-state index in [-0.39, 0.29) is 5.41 Å². The average Bonchev–Trinajstić information content (AvgIpc) is 3.09. The summed E-state index contributed by atoms with van der Waals surface area (Å²) in [6, 6.07) is 6.18. The third-order valence-electron chi connectivity index (χ3n) is 3.46. The topological polar surface area (TPSA) is 29.1 Å². The Hall–Kier alpha value is -0.830. The molecule has 110 valence electrons. The van der Waals surface area contributed by atoms with E-state index in [0.29, 0.717) is 18.6 Å². The molecule has 1 saturated carbocycles. The van der Waals surface area contributed by atoms with Crippen molar-refractivity contribution in [2.75, 3.05) is 11.9 Å². The van der Waals surface area contributed by atoms with Crippen LogP contribution in [-0.4, -0.2) is 12.3 Å². The summed E-state index contributed by atoms with van der Waals surface area (Å²) in [7, 11) is 0. The Bertz CT molecular complexity index is 486. The van der Waals surface area contributed by atoms with E-state index in [2.05, 4.69) is 54.2 Å². The monoisotopic (exact) mass is 337 g/mol. The van der Waals surface area contributed by atoms with E-state index in [1.165, 1.54) is 12.8 Å². The quantitative estimate of drug-likeness (QED) is 0.806. The van der Waals surface area contributed by atoms with E-state index in [4.69, 9.17) is 0 Å². The molecule has 3 heteroatoms. The molecule has 0 aromatic heterocycles. The van der Waals surface area contributed by atoms with Gasteiger partial charge in [-0.25, -0.2) is 0 Å². The van der Waals surface area contributed by atoms with Crippen LogP contribution in [0.2, 0.25) is 0 Å². The summed E-state index contributed by atoms with van der Waals surface area (Å²) < 4.78 is 1.04. The lowest BCUT2D eigenvalue weighted by Gasteiger charge is -2.18. The van der Waals surface area contributed by atoms with Gasteiger partial charge in [0.2, 0.25) is 0 Å². The van der Waals surface area contributed by atoms with Gasteiger partial charge < -0.3 is 5.32 Å². The first-order valence-corrected chi connectivity index (χ1v) is 8.17. The number of rotatable bonds is 6. The first-order chi connectivity index (χ1) is 9.33. The zero-order chi connectivity index (χ0) is 14.8. The molecule has 0 heterocycles. The van der Waals surface area contributed by atoms with E-state index in [0.717, 1.165) is 28.2 Å². The highest BCUT2D eigenvalue weighted by Crippen LogP contribution is 2.30. The molecule has 0 spiro atoms. The molecule has 0 saturated heterocycles. The average molecular weight is 338 g/mol. The van der Waals surface area contributed by atoms with Gasteiger partial charge in [0, 0.05) is 29.5 Å². The fraction of sp³-hybridized carbons (Fsp3) is 0.588. The summed E-state index contributed by atoms with van der Waals surface area (Å²) in [5, 5.41) is 3.50. The molecule has 1 aliphatic carbocycles. The number of halogens is 1. The van der Waals surface area contributed by atoms with Crippen molar-refractivity contribution in [1.29, 1.82) is 0 Å². The molecule has 1 N–H and O–H groups in total. The highest BCUT2D eigenvalue weighted by molar-refractivity contribution is 9.10. The first-order valence-electron chi connectivity index (χ1n) is 7.37. The van der Waals surface area contributed by atoms with Gasteiger partial charge in [0.15, 0.2) is 0 Å². The minimum absolute atomic E-state index is 0.0602. The third-order valence-corrected chi connectivity index (χ3v) is 3.95. The normalized spacial score (nSPS) is 15.2. The number of anilines is 1. The highest BCUT2D eigenvalue weighted by Gasteiger charge is 2.21. The maximum Gasteiger partial charge on any atom is 0.137 e. The second-order valence-electron chi connectivity index (χ2n) is 7.08. The van der Waals surface area contributed by atoms with E-state index in [1.807, 2.05) is 6.07 Å². The fourth-order valence-corrected chi connectivity index (χ4v) is 2.73. The van der Waals surface area contributed by atoms with Crippen LogP contribution in [-0.2, 0) is 11.2 Å². The summed E-state index contributed by atoms with van der Waals surface area (Å²) in [5.74, 6) is 1.14. The Morgan fingerprint density at radius 3 is 2.65 bits per heavy atom. The van der Waals surface area contributed by atoms with E-state index >= 15 is 0 Å². The molecule has 2 rings (SSSR count). The van der Waals surface area contributed by atoms with Gasteiger partial charge in [0.1, 0.15) is 5.78 Å². The van der Waals surface area contributed by atoms with E-state index in [9.17, 15) is 4.79 Å². The van der Waals surface area contributed by atoms with Crippen LogP contribution in [0.4, 0.5) is 5.69 Å². The van der Waals surface area contributed by atoms with Gasteiger partial charge in [-0.2, -0.15) is 0 Å². The van der Waals surface area contributed by atoms with Crippen LogP contribution in [0.5, 0.6) is 0 Å². The predicted molar refractivity (Wildman–Crippen MR) is 88.1 cm³/mol. The predicted octanol–water partition coefficient (Wildman–Crippen LogP) is 4.82. The molecule has 0 amide bonds. The van der Waals surface area contributed by atoms with Crippen LogP contribution in [0.25, 0.3) is 0 Å². The molecule has 0 unspecified atom stereocenters. The Morgan fingerprint density at radius 2 is 2.05 bits per heavy atom. The molecule has 0 aliphatic heterocycles. The smallest absolute Gasteiger partial charge is 0.137 e. The van der Waals surface area contributed by atoms with Crippen molar-refractivity contribution >= 4 is 27.4 Å². The molecule has 1 aliphatic rings. The summed E-state index contributed by atoms with van der Waals surface area (Å²) >= 11 is 3.50. The van der Waals surface area contributed by atoms with Crippen LogP contribution in [0, 0.1) is 11.3 Å². The van der Waals surface area contributed by atoms with Gasteiger partial charge in [0.25, 0.3) is 0 Å². The Kier molecular flexibility index (Phi) is 4.90. The maximum absolute atomic E-state index is 12.2. The zero-order valence-electron chi connectivity index (χ0n) is 12.6. The summed E-state index contributed by atoms with van der Waals surface area (Å²) in [5.41, 5.74) is 2.28. The highest BCUT2D eigenvalue weighted by atomic mass is 79.9. The maximum atomic E-state index is 12.2. The first kappa shape index (κ1) is 15.6. The van der Waals surface area contributed by atoms with Crippen molar-refractivity contribution in [3.05, 3.63) is 28.2 Å². The van der Waals surface area contributed by atoms with Crippen molar-refractivity contribution in [2.45, 2.75) is 46.5 Å². The van der Waals surface area contributed by atoms with E-state index < -0.39 is 0 Å². The van der Waals surface area contributed by atoms with Crippen molar-refractivity contribution in [3.8, 4) is 0 Å². The number of hydrogen-bond donors (Lipinski definition) is 1. The molecular weight excluding hydrogens is 314 g/mol. The number of carbonyl (C=O) groups excluding carboxylic acids is 1. The number of hydrogen-bond acceptors (Lipinski definition) is 2. The summed E-state index contributed by atoms with van der Waals surface area (Å²) in [6.45, 7) is 7.36. The van der Waals surface area contributed by atoms with Crippen molar-refractivity contribution in [3.63, 3.8) is 0 Å². The van der Waals surface area contributed by atoms with Crippen LogP contribution in [0.15, 0.2) is 22.7 Å². The Balaban J connectivity index is 2.03. The van der Waals surface area contributed by atoms with Crippen molar-refractivity contribution < 1.29 is 4.79 Å². The fourth-order valence-electron chi connectivity index (χ4n) is 2.32. The van der Waals surface area contributed by atoms with Gasteiger partial charge >= 0.3 is 0 Å². The van der Waals surface area contributed by atoms with Gasteiger partial charge in [-0.15, -0.1) is 0 Å². The number of nitrogens with one attached hydrogen (secondary N) is 1. The molecule has 1 fully saturated rings. The molecule has 0 bridgehead atoms.